The topological polar surface area (TPSA) is 62.7 Å². The molecule has 25 heavy (non-hydrogen) atoms. The first kappa shape index (κ1) is 16.9. The van der Waals surface area contributed by atoms with E-state index in [0.717, 1.165) is 35.3 Å². The minimum atomic E-state index is 0.626. The first-order valence-corrected chi connectivity index (χ1v) is 8.50. The number of anilines is 3. The summed E-state index contributed by atoms with van der Waals surface area (Å²) in [6.45, 7) is 6.79. The van der Waals surface area contributed by atoms with Gasteiger partial charge in [0.1, 0.15) is 17.5 Å². The standard InChI is InChI=1S/C20H23N5/c1-4-16-9-7-8-14(2)20(16)25-19-12-18(23-15(3)24-19)22-13-17-10-5-6-11-21-17/h5-12H,4,13H2,1-3H3,(H2,22,23,24,25). The highest BCUT2D eigenvalue weighted by molar-refractivity contribution is 5.66. The van der Waals surface area contributed by atoms with Gasteiger partial charge in [-0.2, -0.15) is 0 Å². The zero-order valence-electron chi connectivity index (χ0n) is 14.9. The van der Waals surface area contributed by atoms with Gasteiger partial charge in [-0.15, -0.1) is 0 Å². The van der Waals surface area contributed by atoms with Gasteiger partial charge in [-0.3, -0.25) is 4.98 Å². The van der Waals surface area contributed by atoms with Crippen molar-refractivity contribution in [2.24, 2.45) is 0 Å². The summed E-state index contributed by atoms with van der Waals surface area (Å²) < 4.78 is 0. The van der Waals surface area contributed by atoms with Gasteiger partial charge >= 0.3 is 0 Å². The summed E-state index contributed by atoms with van der Waals surface area (Å²) in [6, 6.07) is 14.1. The number of pyridine rings is 1. The second kappa shape index (κ2) is 7.75. The minimum absolute atomic E-state index is 0.626. The lowest BCUT2D eigenvalue weighted by atomic mass is 10.1. The van der Waals surface area contributed by atoms with Crippen molar-refractivity contribution < 1.29 is 0 Å². The Kier molecular flexibility index (Phi) is 5.23. The molecule has 0 bridgehead atoms. The van der Waals surface area contributed by atoms with Gasteiger partial charge in [0.2, 0.25) is 0 Å². The fourth-order valence-electron chi connectivity index (χ4n) is 2.74. The molecule has 0 saturated heterocycles. The number of rotatable bonds is 6. The third-order valence-corrected chi connectivity index (χ3v) is 4.01. The Balaban J connectivity index is 1.80. The van der Waals surface area contributed by atoms with E-state index in [1.54, 1.807) is 6.20 Å². The monoisotopic (exact) mass is 333 g/mol. The second-order valence-corrected chi connectivity index (χ2v) is 5.95. The van der Waals surface area contributed by atoms with Gasteiger partial charge in [-0.1, -0.05) is 31.2 Å². The zero-order valence-corrected chi connectivity index (χ0v) is 14.9. The number of hydrogen-bond donors (Lipinski definition) is 2. The van der Waals surface area contributed by atoms with Crippen LogP contribution in [-0.2, 0) is 13.0 Å². The third-order valence-electron chi connectivity index (χ3n) is 4.01. The van der Waals surface area contributed by atoms with Crippen LogP contribution in [0, 0.1) is 13.8 Å². The Hall–Kier alpha value is -2.95. The van der Waals surface area contributed by atoms with Gasteiger partial charge in [0, 0.05) is 18.0 Å². The Morgan fingerprint density at radius 2 is 1.80 bits per heavy atom. The first-order valence-electron chi connectivity index (χ1n) is 8.50. The maximum absolute atomic E-state index is 4.52. The number of aromatic nitrogens is 3. The molecule has 128 valence electrons. The molecule has 0 spiro atoms. The molecule has 0 amide bonds. The number of nitrogens with zero attached hydrogens (tertiary/aromatic N) is 3. The fourth-order valence-corrected chi connectivity index (χ4v) is 2.74. The molecule has 0 saturated carbocycles. The van der Waals surface area contributed by atoms with E-state index in [1.807, 2.05) is 31.2 Å². The van der Waals surface area contributed by atoms with Crippen LogP contribution in [0.5, 0.6) is 0 Å². The summed E-state index contributed by atoms with van der Waals surface area (Å²) in [5.41, 5.74) is 4.58. The quantitative estimate of drug-likeness (QED) is 0.700. The van der Waals surface area contributed by atoms with Gasteiger partial charge in [0.15, 0.2) is 0 Å². The molecule has 0 unspecified atom stereocenters. The van der Waals surface area contributed by atoms with E-state index in [2.05, 4.69) is 57.6 Å². The average Bonchev–Trinajstić information content (AvgIpc) is 2.62. The van der Waals surface area contributed by atoms with Crippen LogP contribution in [0.1, 0.15) is 29.6 Å². The first-order chi connectivity index (χ1) is 12.2. The van der Waals surface area contributed by atoms with Crippen LogP contribution >= 0.6 is 0 Å². The van der Waals surface area contributed by atoms with E-state index in [4.69, 9.17) is 0 Å². The molecule has 3 aromatic rings. The maximum Gasteiger partial charge on any atom is 0.136 e. The second-order valence-electron chi connectivity index (χ2n) is 5.95. The molecular weight excluding hydrogens is 310 g/mol. The third kappa shape index (κ3) is 4.32. The van der Waals surface area contributed by atoms with E-state index >= 15 is 0 Å². The number of benzene rings is 1. The SMILES string of the molecule is CCc1cccc(C)c1Nc1cc(NCc2ccccn2)nc(C)n1. The largest absolute Gasteiger partial charge is 0.364 e. The van der Waals surface area contributed by atoms with Crippen molar-refractivity contribution in [3.63, 3.8) is 0 Å². The Morgan fingerprint density at radius 3 is 2.56 bits per heavy atom. The summed E-state index contributed by atoms with van der Waals surface area (Å²) in [7, 11) is 0. The van der Waals surface area contributed by atoms with E-state index in [9.17, 15) is 0 Å². The molecule has 2 N–H and O–H groups in total. The molecule has 3 rings (SSSR count). The van der Waals surface area contributed by atoms with Crippen molar-refractivity contribution in [3.05, 3.63) is 71.3 Å². The lowest BCUT2D eigenvalue weighted by Crippen LogP contribution is -2.07. The van der Waals surface area contributed by atoms with Crippen molar-refractivity contribution in [1.29, 1.82) is 0 Å². The Bertz CT molecular complexity index is 846. The summed E-state index contributed by atoms with van der Waals surface area (Å²) >= 11 is 0. The molecule has 0 radical (unpaired) electrons. The smallest absolute Gasteiger partial charge is 0.136 e. The molecule has 0 aliphatic heterocycles. The van der Waals surface area contributed by atoms with Crippen LogP contribution in [0.4, 0.5) is 17.3 Å². The summed E-state index contributed by atoms with van der Waals surface area (Å²) in [5, 5.41) is 6.78. The van der Waals surface area contributed by atoms with Gasteiger partial charge in [0.05, 0.1) is 12.2 Å². The highest BCUT2D eigenvalue weighted by Crippen LogP contribution is 2.25. The minimum Gasteiger partial charge on any atom is -0.364 e. The van der Waals surface area contributed by atoms with Crippen molar-refractivity contribution in [1.82, 2.24) is 15.0 Å². The molecule has 2 aromatic heterocycles. The Labute approximate surface area is 148 Å². The van der Waals surface area contributed by atoms with Crippen LogP contribution in [-0.4, -0.2) is 15.0 Å². The molecule has 2 heterocycles. The summed E-state index contributed by atoms with van der Waals surface area (Å²) in [6.07, 6.45) is 2.76. The number of para-hydroxylation sites is 1. The summed E-state index contributed by atoms with van der Waals surface area (Å²) in [5.74, 6) is 2.30. The van der Waals surface area contributed by atoms with Gasteiger partial charge in [0.25, 0.3) is 0 Å². The van der Waals surface area contributed by atoms with Crippen molar-refractivity contribution in [3.8, 4) is 0 Å². The van der Waals surface area contributed by atoms with E-state index in [0.29, 0.717) is 6.54 Å². The van der Waals surface area contributed by atoms with Crippen molar-refractivity contribution in [2.75, 3.05) is 10.6 Å². The molecule has 0 aliphatic rings. The van der Waals surface area contributed by atoms with E-state index in [1.165, 1.54) is 11.1 Å². The molecular formula is C20H23N5. The summed E-state index contributed by atoms with van der Waals surface area (Å²) in [4.78, 5) is 13.3. The zero-order chi connectivity index (χ0) is 17.6. The van der Waals surface area contributed by atoms with Crippen LogP contribution in [0.3, 0.4) is 0 Å². The lowest BCUT2D eigenvalue weighted by molar-refractivity contribution is 0.995. The maximum atomic E-state index is 4.52. The molecule has 5 heteroatoms. The molecule has 0 aliphatic carbocycles. The average molecular weight is 333 g/mol. The van der Waals surface area contributed by atoms with Crippen LogP contribution < -0.4 is 10.6 Å². The molecule has 0 fully saturated rings. The lowest BCUT2D eigenvalue weighted by Gasteiger charge is -2.15. The molecule has 0 atom stereocenters. The van der Waals surface area contributed by atoms with Gasteiger partial charge in [-0.25, -0.2) is 9.97 Å². The molecule has 1 aromatic carbocycles. The van der Waals surface area contributed by atoms with Crippen LogP contribution in [0.25, 0.3) is 0 Å². The van der Waals surface area contributed by atoms with E-state index < -0.39 is 0 Å². The Morgan fingerprint density at radius 1 is 0.960 bits per heavy atom. The van der Waals surface area contributed by atoms with Gasteiger partial charge in [-0.05, 0) is 43.5 Å². The van der Waals surface area contributed by atoms with Crippen molar-refractivity contribution in [2.45, 2.75) is 33.7 Å². The highest BCUT2D eigenvalue weighted by Gasteiger charge is 2.08. The van der Waals surface area contributed by atoms with Gasteiger partial charge < -0.3 is 10.6 Å². The number of aryl methyl sites for hydroxylation is 3. The highest BCUT2D eigenvalue weighted by atomic mass is 15.1. The van der Waals surface area contributed by atoms with Crippen LogP contribution in [0.2, 0.25) is 0 Å². The predicted octanol–water partition coefficient (Wildman–Crippen LogP) is 4.41. The normalized spacial score (nSPS) is 10.5. The number of hydrogen-bond acceptors (Lipinski definition) is 5. The predicted molar refractivity (Wildman–Crippen MR) is 102 cm³/mol. The van der Waals surface area contributed by atoms with Crippen LogP contribution in [0.15, 0.2) is 48.7 Å². The fraction of sp³-hybridized carbons (Fsp3) is 0.250. The molecule has 5 nitrogen and oxygen atoms in total. The number of nitrogens with one attached hydrogen (secondary N) is 2. The van der Waals surface area contributed by atoms with Crippen molar-refractivity contribution >= 4 is 17.3 Å². The van der Waals surface area contributed by atoms with E-state index in [-0.39, 0.29) is 0 Å².